The van der Waals surface area contributed by atoms with Crippen molar-refractivity contribution >= 4 is 24.3 Å². The molecule has 0 aromatic heterocycles. The van der Waals surface area contributed by atoms with Crippen LogP contribution in [0.25, 0.3) is 24.3 Å². The molecule has 3 rings (SSSR count). The molecule has 0 amide bonds. The number of aryl methyl sites for hydroxylation is 1. The summed E-state index contributed by atoms with van der Waals surface area (Å²) in [5.41, 5.74) is 4.99. The molecule has 0 radical (unpaired) electrons. The lowest BCUT2D eigenvalue weighted by atomic mass is 10.0. The van der Waals surface area contributed by atoms with Crippen LogP contribution in [0.15, 0.2) is 72.8 Å². The van der Waals surface area contributed by atoms with Crippen molar-refractivity contribution in [3.8, 4) is 5.75 Å². The molecule has 0 saturated heterocycles. The highest BCUT2D eigenvalue weighted by Gasteiger charge is 2.04. The number of rotatable bonds is 4. The Labute approximate surface area is 143 Å². The van der Waals surface area contributed by atoms with Gasteiger partial charge in [0.15, 0.2) is 0 Å². The molecule has 0 fully saturated rings. The molecule has 0 unspecified atom stereocenters. The van der Waals surface area contributed by atoms with Gasteiger partial charge in [-0.05, 0) is 35.7 Å². The highest BCUT2D eigenvalue weighted by Crippen LogP contribution is 2.28. The zero-order valence-electron chi connectivity index (χ0n) is 13.7. The van der Waals surface area contributed by atoms with Crippen molar-refractivity contribution < 1.29 is 5.11 Å². The van der Waals surface area contributed by atoms with Gasteiger partial charge in [-0.1, -0.05) is 85.0 Å². The third-order valence-electron chi connectivity index (χ3n) is 3.82. The van der Waals surface area contributed by atoms with Crippen LogP contribution in [0.4, 0.5) is 0 Å². The van der Waals surface area contributed by atoms with Gasteiger partial charge in [0.1, 0.15) is 5.75 Å². The molecule has 3 aromatic carbocycles. The molecule has 0 aliphatic rings. The van der Waals surface area contributed by atoms with Gasteiger partial charge in [-0.2, -0.15) is 0 Å². The summed E-state index contributed by atoms with van der Waals surface area (Å²) in [6.07, 6.45) is 7.94. The first-order chi connectivity index (χ1) is 11.7. The molecule has 0 aliphatic carbocycles. The van der Waals surface area contributed by atoms with Crippen molar-refractivity contribution in [1.29, 1.82) is 0 Å². The SMILES string of the molecule is Cc1cc(/C=C/c2ccccc2)c(O)c(/C=C/c2ccccc2)c1. The summed E-state index contributed by atoms with van der Waals surface area (Å²) in [4.78, 5) is 0. The van der Waals surface area contributed by atoms with Gasteiger partial charge >= 0.3 is 0 Å². The van der Waals surface area contributed by atoms with E-state index in [9.17, 15) is 5.11 Å². The molecular weight excluding hydrogens is 292 g/mol. The summed E-state index contributed by atoms with van der Waals surface area (Å²) in [5.74, 6) is 0.306. The van der Waals surface area contributed by atoms with E-state index < -0.39 is 0 Å². The Morgan fingerprint density at radius 2 is 1.04 bits per heavy atom. The molecule has 0 heterocycles. The molecule has 1 N–H and O–H groups in total. The molecule has 1 nitrogen and oxygen atoms in total. The van der Waals surface area contributed by atoms with Crippen LogP contribution in [0.5, 0.6) is 5.75 Å². The second-order valence-corrected chi connectivity index (χ2v) is 5.78. The van der Waals surface area contributed by atoms with Crippen LogP contribution in [0.1, 0.15) is 27.8 Å². The van der Waals surface area contributed by atoms with Crippen LogP contribution in [-0.2, 0) is 0 Å². The van der Waals surface area contributed by atoms with E-state index in [0.717, 1.165) is 27.8 Å². The summed E-state index contributed by atoms with van der Waals surface area (Å²) in [6, 6.07) is 24.2. The molecule has 24 heavy (non-hydrogen) atoms. The summed E-state index contributed by atoms with van der Waals surface area (Å²) in [5, 5.41) is 10.6. The fraction of sp³-hybridized carbons (Fsp3) is 0.0435. The number of hydrogen-bond acceptors (Lipinski definition) is 1. The van der Waals surface area contributed by atoms with E-state index in [2.05, 4.69) is 0 Å². The highest BCUT2D eigenvalue weighted by atomic mass is 16.3. The van der Waals surface area contributed by atoms with Gasteiger partial charge in [-0.25, -0.2) is 0 Å². The summed E-state index contributed by atoms with van der Waals surface area (Å²) < 4.78 is 0. The fourth-order valence-electron chi connectivity index (χ4n) is 2.59. The molecule has 1 heteroatoms. The Bertz CT molecular complexity index is 789. The largest absolute Gasteiger partial charge is 0.507 e. The van der Waals surface area contributed by atoms with E-state index in [0.29, 0.717) is 5.75 Å². The van der Waals surface area contributed by atoms with Gasteiger partial charge in [-0.3, -0.25) is 0 Å². The molecule has 0 atom stereocenters. The first kappa shape index (κ1) is 15.8. The lowest BCUT2D eigenvalue weighted by Gasteiger charge is -2.06. The van der Waals surface area contributed by atoms with Gasteiger partial charge in [0.25, 0.3) is 0 Å². The van der Waals surface area contributed by atoms with Crippen LogP contribution in [0.3, 0.4) is 0 Å². The van der Waals surface area contributed by atoms with Crippen molar-refractivity contribution in [1.82, 2.24) is 0 Å². The van der Waals surface area contributed by atoms with Gasteiger partial charge in [0.2, 0.25) is 0 Å². The molecule has 0 bridgehead atoms. The Hall–Kier alpha value is -3.06. The average molecular weight is 312 g/mol. The average Bonchev–Trinajstić information content (AvgIpc) is 2.62. The van der Waals surface area contributed by atoms with Crippen molar-refractivity contribution in [3.63, 3.8) is 0 Å². The van der Waals surface area contributed by atoms with E-state index >= 15 is 0 Å². The third kappa shape index (κ3) is 4.02. The lowest BCUT2D eigenvalue weighted by Crippen LogP contribution is -1.84. The van der Waals surface area contributed by atoms with Crippen molar-refractivity contribution in [2.45, 2.75) is 6.92 Å². The first-order valence-corrected chi connectivity index (χ1v) is 8.02. The minimum Gasteiger partial charge on any atom is -0.507 e. The number of phenols is 1. The maximum absolute atomic E-state index is 10.6. The zero-order chi connectivity index (χ0) is 16.8. The zero-order valence-corrected chi connectivity index (χ0v) is 13.7. The summed E-state index contributed by atoms with van der Waals surface area (Å²) in [7, 11) is 0. The molecule has 0 saturated carbocycles. The Morgan fingerprint density at radius 3 is 1.46 bits per heavy atom. The highest BCUT2D eigenvalue weighted by molar-refractivity contribution is 5.79. The molecule has 3 aromatic rings. The van der Waals surface area contributed by atoms with E-state index in [1.54, 1.807) is 0 Å². The molecule has 0 aliphatic heterocycles. The quantitative estimate of drug-likeness (QED) is 0.582. The molecule has 0 spiro atoms. The minimum atomic E-state index is 0.306. The smallest absolute Gasteiger partial charge is 0.130 e. The topological polar surface area (TPSA) is 20.2 Å². The van der Waals surface area contributed by atoms with Gasteiger partial charge in [0.05, 0.1) is 0 Å². The van der Waals surface area contributed by atoms with E-state index in [4.69, 9.17) is 0 Å². The van der Waals surface area contributed by atoms with Crippen LogP contribution in [0, 0.1) is 6.92 Å². The predicted molar refractivity (Wildman–Crippen MR) is 104 cm³/mol. The number of aromatic hydroxyl groups is 1. The van der Waals surface area contributed by atoms with E-state index in [1.165, 1.54) is 0 Å². The standard InChI is InChI=1S/C23H20O/c1-18-16-21(14-12-19-8-4-2-5-9-19)23(24)22(17-18)15-13-20-10-6-3-7-11-20/h2-17,24H,1H3/b14-12+,15-13+. The second kappa shape index (κ2) is 7.47. The van der Waals surface area contributed by atoms with Crippen LogP contribution < -0.4 is 0 Å². The van der Waals surface area contributed by atoms with Crippen molar-refractivity contribution in [3.05, 3.63) is 101 Å². The van der Waals surface area contributed by atoms with Gasteiger partial charge in [0, 0.05) is 11.1 Å². The van der Waals surface area contributed by atoms with E-state index in [1.807, 2.05) is 104 Å². The fourth-order valence-corrected chi connectivity index (χ4v) is 2.59. The number of benzene rings is 3. The number of phenolic OH excluding ortho intramolecular Hbond substituents is 1. The Balaban J connectivity index is 1.90. The third-order valence-corrected chi connectivity index (χ3v) is 3.82. The Morgan fingerprint density at radius 1 is 0.625 bits per heavy atom. The maximum Gasteiger partial charge on any atom is 0.130 e. The van der Waals surface area contributed by atoms with Crippen molar-refractivity contribution in [2.24, 2.45) is 0 Å². The van der Waals surface area contributed by atoms with Crippen LogP contribution in [-0.4, -0.2) is 5.11 Å². The lowest BCUT2D eigenvalue weighted by molar-refractivity contribution is 0.472. The normalized spacial score (nSPS) is 11.4. The monoisotopic (exact) mass is 312 g/mol. The Kier molecular flexibility index (Phi) is 4.93. The maximum atomic E-state index is 10.6. The second-order valence-electron chi connectivity index (χ2n) is 5.78. The summed E-state index contributed by atoms with van der Waals surface area (Å²) in [6.45, 7) is 2.04. The van der Waals surface area contributed by atoms with Gasteiger partial charge in [-0.15, -0.1) is 0 Å². The minimum absolute atomic E-state index is 0.306. The molecular formula is C23H20O. The molecule has 118 valence electrons. The van der Waals surface area contributed by atoms with Crippen LogP contribution in [0.2, 0.25) is 0 Å². The van der Waals surface area contributed by atoms with Gasteiger partial charge < -0.3 is 5.11 Å². The number of hydrogen-bond donors (Lipinski definition) is 1. The van der Waals surface area contributed by atoms with Crippen LogP contribution >= 0.6 is 0 Å². The predicted octanol–water partition coefficient (Wildman–Crippen LogP) is 6.04. The summed E-state index contributed by atoms with van der Waals surface area (Å²) >= 11 is 0. The first-order valence-electron chi connectivity index (χ1n) is 8.02. The van der Waals surface area contributed by atoms with Crippen molar-refractivity contribution in [2.75, 3.05) is 0 Å². The van der Waals surface area contributed by atoms with E-state index in [-0.39, 0.29) is 0 Å².